The first kappa shape index (κ1) is 18.9. The number of benzene rings is 1. The number of esters is 1. The van der Waals surface area contributed by atoms with Crippen molar-refractivity contribution in [3.8, 4) is 5.75 Å². The molecular formula is C18H21NO5S2. The van der Waals surface area contributed by atoms with Crippen molar-refractivity contribution in [1.82, 2.24) is 4.31 Å². The van der Waals surface area contributed by atoms with Crippen LogP contribution < -0.4 is 4.74 Å². The summed E-state index contributed by atoms with van der Waals surface area (Å²) in [5.74, 6) is 0.0605. The summed E-state index contributed by atoms with van der Waals surface area (Å²) in [6.07, 6.45) is 1.69. The van der Waals surface area contributed by atoms with Crippen LogP contribution in [0.4, 0.5) is 0 Å². The Morgan fingerprint density at radius 2 is 1.81 bits per heavy atom. The summed E-state index contributed by atoms with van der Waals surface area (Å²) in [7, 11) is -3.64. The molecule has 8 heteroatoms. The molecule has 1 aliphatic heterocycles. The fourth-order valence-corrected chi connectivity index (χ4v) is 5.51. The normalized spacial score (nSPS) is 15.1. The van der Waals surface area contributed by atoms with Crippen LogP contribution in [0.25, 0.3) is 0 Å². The smallest absolute Gasteiger partial charge is 0.349 e. The molecule has 1 aromatic carbocycles. The number of carbonyl (C=O) groups is 1. The van der Waals surface area contributed by atoms with Crippen molar-refractivity contribution in [3.63, 3.8) is 0 Å². The molecule has 0 amide bonds. The zero-order valence-corrected chi connectivity index (χ0v) is 16.1. The van der Waals surface area contributed by atoms with Gasteiger partial charge in [0.2, 0.25) is 10.0 Å². The molecule has 6 nitrogen and oxygen atoms in total. The third-order valence-corrected chi connectivity index (χ3v) is 7.07. The first-order valence-electron chi connectivity index (χ1n) is 8.43. The molecule has 2 heterocycles. The molecule has 0 radical (unpaired) electrons. The van der Waals surface area contributed by atoms with Gasteiger partial charge in [-0.3, -0.25) is 0 Å². The van der Waals surface area contributed by atoms with Crippen molar-refractivity contribution in [1.29, 1.82) is 0 Å². The Hall–Kier alpha value is -1.90. The van der Waals surface area contributed by atoms with Crippen LogP contribution in [0.15, 0.2) is 40.6 Å². The molecule has 2 aromatic rings. The lowest BCUT2D eigenvalue weighted by atomic mass is 10.2. The van der Waals surface area contributed by atoms with Crippen molar-refractivity contribution in [2.24, 2.45) is 0 Å². The first-order valence-corrected chi connectivity index (χ1v) is 10.7. The van der Waals surface area contributed by atoms with Gasteiger partial charge in [0.05, 0.1) is 0 Å². The van der Waals surface area contributed by atoms with Crippen molar-refractivity contribution in [2.75, 3.05) is 26.3 Å². The lowest BCUT2D eigenvalue weighted by Crippen LogP contribution is -2.28. The minimum Gasteiger partial charge on any atom is -0.490 e. The number of hydrogen-bond donors (Lipinski definition) is 0. The van der Waals surface area contributed by atoms with E-state index in [0.717, 1.165) is 29.7 Å². The van der Waals surface area contributed by atoms with E-state index < -0.39 is 16.0 Å². The van der Waals surface area contributed by atoms with Gasteiger partial charge in [-0.25, -0.2) is 13.2 Å². The number of nitrogens with zero attached hydrogens (tertiary/aromatic N) is 1. The van der Waals surface area contributed by atoms with Crippen LogP contribution in [0.2, 0.25) is 0 Å². The molecule has 1 aliphatic rings. The van der Waals surface area contributed by atoms with Crippen molar-refractivity contribution < 1.29 is 22.7 Å². The largest absolute Gasteiger partial charge is 0.490 e. The van der Waals surface area contributed by atoms with Gasteiger partial charge >= 0.3 is 5.97 Å². The predicted octanol–water partition coefficient (Wildman–Crippen LogP) is 3.08. The van der Waals surface area contributed by atoms with Crippen LogP contribution in [-0.4, -0.2) is 45.0 Å². The maximum absolute atomic E-state index is 12.7. The lowest BCUT2D eigenvalue weighted by molar-refractivity contribution is 0.0452. The second-order valence-electron chi connectivity index (χ2n) is 6.02. The van der Waals surface area contributed by atoms with Gasteiger partial charge in [0.1, 0.15) is 28.7 Å². The average molecular weight is 396 g/mol. The van der Waals surface area contributed by atoms with Gasteiger partial charge in [-0.15, -0.1) is 11.3 Å². The van der Waals surface area contributed by atoms with Gasteiger partial charge in [-0.2, -0.15) is 4.31 Å². The zero-order valence-electron chi connectivity index (χ0n) is 14.5. The van der Waals surface area contributed by atoms with Gasteiger partial charge in [-0.05, 0) is 43.3 Å². The zero-order chi connectivity index (χ0) is 18.6. The summed E-state index contributed by atoms with van der Waals surface area (Å²) in [6, 6.07) is 9.02. The maximum Gasteiger partial charge on any atom is 0.349 e. The van der Waals surface area contributed by atoms with Crippen LogP contribution in [0.3, 0.4) is 0 Å². The summed E-state index contributed by atoms with van der Waals surface area (Å²) >= 11 is 1.08. The van der Waals surface area contributed by atoms with Gasteiger partial charge < -0.3 is 9.47 Å². The highest BCUT2D eigenvalue weighted by Gasteiger charge is 2.32. The number of rotatable bonds is 7. The Morgan fingerprint density at radius 3 is 2.50 bits per heavy atom. The molecule has 140 valence electrons. The topological polar surface area (TPSA) is 72.9 Å². The molecule has 0 aliphatic carbocycles. The summed E-state index contributed by atoms with van der Waals surface area (Å²) in [4.78, 5) is 12.4. The molecule has 3 rings (SSSR count). The van der Waals surface area contributed by atoms with Crippen molar-refractivity contribution in [2.45, 2.75) is 24.7 Å². The van der Waals surface area contributed by atoms with E-state index in [4.69, 9.17) is 9.47 Å². The molecule has 0 N–H and O–H groups in total. The third kappa shape index (κ3) is 4.25. The summed E-state index contributed by atoms with van der Waals surface area (Å²) in [5.41, 5.74) is 1.13. The van der Waals surface area contributed by atoms with Gasteiger partial charge in [0.15, 0.2) is 0 Å². The molecule has 1 saturated heterocycles. The molecule has 0 unspecified atom stereocenters. The molecule has 1 aromatic heterocycles. The van der Waals surface area contributed by atoms with E-state index in [0.29, 0.717) is 18.8 Å². The van der Waals surface area contributed by atoms with Crippen LogP contribution in [0, 0.1) is 6.92 Å². The fraction of sp³-hybridized carbons (Fsp3) is 0.389. The highest BCUT2D eigenvalue weighted by atomic mass is 32.2. The standard InChI is InChI=1S/C18H21NO5S2/c1-14-4-6-15(7-5-14)23-11-12-24-18(20)17-16(8-13-25-17)26(21,22)19-9-2-3-10-19/h4-8,13H,2-3,9-12H2,1H3. The molecule has 0 bridgehead atoms. The van der Waals surface area contributed by atoms with Crippen molar-refractivity contribution >= 4 is 27.3 Å². The number of ether oxygens (including phenoxy) is 2. The first-order chi connectivity index (χ1) is 12.5. The van der Waals surface area contributed by atoms with E-state index in [1.165, 1.54) is 10.4 Å². The molecule has 0 spiro atoms. The highest BCUT2D eigenvalue weighted by Crippen LogP contribution is 2.28. The Labute approximate surface area is 157 Å². The maximum atomic E-state index is 12.7. The predicted molar refractivity (Wildman–Crippen MR) is 99.3 cm³/mol. The fourth-order valence-electron chi connectivity index (χ4n) is 2.71. The minimum atomic E-state index is -3.64. The monoisotopic (exact) mass is 395 g/mol. The molecule has 0 saturated carbocycles. The summed E-state index contributed by atoms with van der Waals surface area (Å²) in [6.45, 7) is 3.23. The summed E-state index contributed by atoms with van der Waals surface area (Å²) in [5, 5.41) is 1.60. The quantitative estimate of drug-likeness (QED) is 0.532. The van der Waals surface area contributed by atoms with Crippen molar-refractivity contribution in [3.05, 3.63) is 46.2 Å². The third-order valence-electron chi connectivity index (χ3n) is 4.10. The van der Waals surface area contributed by atoms with E-state index in [9.17, 15) is 13.2 Å². The van der Waals surface area contributed by atoms with Gasteiger partial charge in [-0.1, -0.05) is 17.7 Å². The number of hydrogen-bond acceptors (Lipinski definition) is 6. The highest BCUT2D eigenvalue weighted by molar-refractivity contribution is 7.89. The SMILES string of the molecule is Cc1ccc(OCCOC(=O)c2sccc2S(=O)(=O)N2CCCC2)cc1. The average Bonchev–Trinajstić information content (AvgIpc) is 3.31. The Balaban J connectivity index is 1.57. The van der Waals surface area contributed by atoms with Crippen LogP contribution in [-0.2, 0) is 14.8 Å². The van der Waals surface area contributed by atoms with E-state index in [1.807, 2.05) is 31.2 Å². The number of thiophene rings is 1. The molecule has 1 fully saturated rings. The lowest BCUT2D eigenvalue weighted by Gasteiger charge is -2.15. The second kappa shape index (κ2) is 8.20. The van der Waals surface area contributed by atoms with E-state index >= 15 is 0 Å². The van der Waals surface area contributed by atoms with E-state index in [2.05, 4.69) is 0 Å². The minimum absolute atomic E-state index is 0.0360. The number of sulfonamides is 1. The Kier molecular flexibility index (Phi) is 5.95. The number of aryl methyl sites for hydroxylation is 1. The Bertz CT molecular complexity index is 852. The van der Waals surface area contributed by atoms with Gasteiger partial charge in [0, 0.05) is 13.1 Å². The van der Waals surface area contributed by atoms with Crippen LogP contribution in [0.1, 0.15) is 28.1 Å². The van der Waals surface area contributed by atoms with E-state index in [-0.39, 0.29) is 23.0 Å². The van der Waals surface area contributed by atoms with Gasteiger partial charge in [0.25, 0.3) is 0 Å². The number of carbonyl (C=O) groups excluding carboxylic acids is 1. The summed E-state index contributed by atoms with van der Waals surface area (Å²) < 4.78 is 37.5. The molecule has 0 atom stereocenters. The molecule has 26 heavy (non-hydrogen) atoms. The van der Waals surface area contributed by atoms with E-state index in [1.54, 1.807) is 5.38 Å². The second-order valence-corrected chi connectivity index (χ2v) is 8.85. The van der Waals surface area contributed by atoms with Crippen LogP contribution >= 0.6 is 11.3 Å². The molecular weight excluding hydrogens is 374 g/mol. The van der Waals surface area contributed by atoms with Crippen LogP contribution in [0.5, 0.6) is 5.75 Å². The Morgan fingerprint density at radius 1 is 1.12 bits per heavy atom.